The van der Waals surface area contributed by atoms with E-state index in [1.165, 1.54) is 0 Å². The van der Waals surface area contributed by atoms with Gasteiger partial charge in [-0.1, -0.05) is 55.8 Å². The van der Waals surface area contributed by atoms with Crippen molar-refractivity contribution in [3.63, 3.8) is 0 Å². The Balaban J connectivity index is 1.73. The zero-order chi connectivity index (χ0) is 20.4. The second-order valence-corrected chi connectivity index (χ2v) is 10.3. The highest BCUT2D eigenvalue weighted by Crippen LogP contribution is 2.42. The van der Waals surface area contributed by atoms with E-state index in [1.807, 2.05) is 69.3 Å². The zero-order valence-electron chi connectivity index (χ0n) is 16.6. The van der Waals surface area contributed by atoms with Crippen molar-refractivity contribution in [1.82, 2.24) is 0 Å². The predicted molar refractivity (Wildman–Crippen MR) is 113 cm³/mol. The minimum absolute atomic E-state index is 0.0351. The number of nitrogens with one attached hydrogen (secondary N) is 1. The van der Waals surface area contributed by atoms with E-state index in [4.69, 9.17) is 0 Å². The van der Waals surface area contributed by atoms with Crippen molar-refractivity contribution in [2.45, 2.75) is 38.5 Å². The van der Waals surface area contributed by atoms with E-state index < -0.39 is 9.84 Å². The van der Waals surface area contributed by atoms with Gasteiger partial charge in [0.1, 0.15) is 0 Å². The molecule has 3 rings (SSSR count). The number of carbonyl (C=O) groups excluding carboxylic acids is 1. The maximum atomic E-state index is 12.9. The predicted octanol–water partition coefficient (Wildman–Crippen LogP) is 4.77. The number of hydrogen-bond donors (Lipinski definition) is 1. The van der Waals surface area contributed by atoms with Gasteiger partial charge in [-0.05, 0) is 55.4 Å². The van der Waals surface area contributed by atoms with Crippen LogP contribution in [0.5, 0.6) is 0 Å². The summed E-state index contributed by atoms with van der Waals surface area (Å²) in [6.07, 6.45) is 3.04. The summed E-state index contributed by atoms with van der Waals surface area (Å²) in [4.78, 5) is 13.0. The van der Waals surface area contributed by atoms with Gasteiger partial charge < -0.3 is 5.32 Å². The van der Waals surface area contributed by atoms with E-state index >= 15 is 0 Å². The summed E-state index contributed by atoms with van der Waals surface area (Å²) < 4.78 is 25.7. The van der Waals surface area contributed by atoms with Crippen molar-refractivity contribution >= 4 is 21.4 Å². The highest BCUT2D eigenvalue weighted by Gasteiger charge is 2.37. The smallest absolute Gasteiger partial charge is 0.251 e. The fourth-order valence-electron chi connectivity index (χ4n) is 3.62. The lowest BCUT2D eigenvalue weighted by Crippen LogP contribution is -2.35. The van der Waals surface area contributed by atoms with Gasteiger partial charge in [0.05, 0.1) is 10.6 Å². The molecule has 0 radical (unpaired) electrons. The Kier molecular flexibility index (Phi) is 5.75. The number of rotatable bonds is 5. The van der Waals surface area contributed by atoms with Gasteiger partial charge in [-0.3, -0.25) is 4.79 Å². The van der Waals surface area contributed by atoms with E-state index in [2.05, 4.69) is 5.32 Å². The van der Waals surface area contributed by atoms with Gasteiger partial charge in [-0.2, -0.15) is 0 Å². The summed E-state index contributed by atoms with van der Waals surface area (Å²) in [7, 11) is -3.36. The van der Waals surface area contributed by atoms with Crippen LogP contribution >= 0.6 is 0 Å². The van der Waals surface area contributed by atoms with Gasteiger partial charge in [-0.15, -0.1) is 0 Å². The number of anilines is 1. The average molecular weight is 398 g/mol. The molecule has 0 aromatic heterocycles. The SMILES string of the molecule is Cc1ccc(S(=O)(=O)CC2CC=C(C(=O)Nc3ccccc3)CC2(C)C)cc1. The molecule has 1 aliphatic rings. The zero-order valence-corrected chi connectivity index (χ0v) is 17.4. The first-order chi connectivity index (χ1) is 13.2. The molecule has 0 bridgehead atoms. The highest BCUT2D eigenvalue weighted by atomic mass is 32.2. The molecule has 0 spiro atoms. The molecule has 0 saturated heterocycles. The summed E-state index contributed by atoms with van der Waals surface area (Å²) in [5.74, 6) is -0.0566. The summed E-state index contributed by atoms with van der Waals surface area (Å²) in [5, 5.41) is 2.92. The van der Waals surface area contributed by atoms with Gasteiger partial charge in [0, 0.05) is 11.3 Å². The number of benzene rings is 2. The Hall–Kier alpha value is -2.40. The second-order valence-electron chi connectivity index (χ2n) is 8.24. The van der Waals surface area contributed by atoms with Crippen LogP contribution in [0.25, 0.3) is 0 Å². The van der Waals surface area contributed by atoms with Crippen LogP contribution in [0.15, 0.2) is 71.1 Å². The first-order valence-corrected chi connectivity index (χ1v) is 11.2. The monoisotopic (exact) mass is 397 g/mol. The number of aryl methyl sites for hydroxylation is 1. The van der Waals surface area contributed by atoms with E-state index in [9.17, 15) is 13.2 Å². The summed E-state index contributed by atoms with van der Waals surface area (Å²) >= 11 is 0. The second kappa shape index (κ2) is 7.92. The van der Waals surface area contributed by atoms with E-state index in [0.717, 1.165) is 16.8 Å². The molecule has 5 heteroatoms. The van der Waals surface area contributed by atoms with Gasteiger partial charge >= 0.3 is 0 Å². The molecule has 1 N–H and O–H groups in total. The van der Waals surface area contributed by atoms with Gasteiger partial charge in [0.25, 0.3) is 5.91 Å². The van der Waals surface area contributed by atoms with Crippen molar-refractivity contribution in [3.8, 4) is 0 Å². The Labute approximate surface area is 167 Å². The van der Waals surface area contributed by atoms with Crippen LogP contribution in [0.3, 0.4) is 0 Å². The molecule has 1 amide bonds. The van der Waals surface area contributed by atoms with Crippen LogP contribution in [-0.4, -0.2) is 20.1 Å². The van der Waals surface area contributed by atoms with Crippen molar-refractivity contribution in [3.05, 3.63) is 71.8 Å². The highest BCUT2D eigenvalue weighted by molar-refractivity contribution is 7.91. The van der Waals surface area contributed by atoms with Crippen LogP contribution in [-0.2, 0) is 14.6 Å². The maximum Gasteiger partial charge on any atom is 0.251 e. The van der Waals surface area contributed by atoms with Crippen LogP contribution in [0.1, 0.15) is 32.3 Å². The molecule has 0 aliphatic heterocycles. The molecular weight excluding hydrogens is 370 g/mol. The summed E-state index contributed by atoms with van der Waals surface area (Å²) in [6, 6.07) is 16.4. The summed E-state index contributed by atoms with van der Waals surface area (Å²) in [6.45, 7) is 6.03. The lowest BCUT2D eigenvalue weighted by molar-refractivity contribution is -0.113. The first kappa shape index (κ1) is 20.3. The molecule has 1 atom stereocenters. The maximum absolute atomic E-state index is 12.9. The normalized spacial score (nSPS) is 19.0. The average Bonchev–Trinajstić information content (AvgIpc) is 2.64. The van der Waals surface area contributed by atoms with Gasteiger partial charge in [0.2, 0.25) is 0 Å². The molecule has 0 saturated carbocycles. The molecule has 28 heavy (non-hydrogen) atoms. The van der Waals surface area contributed by atoms with E-state index in [-0.39, 0.29) is 23.0 Å². The fourth-order valence-corrected chi connectivity index (χ4v) is 5.48. The number of sulfone groups is 1. The Morgan fingerprint density at radius 3 is 2.32 bits per heavy atom. The third kappa shape index (κ3) is 4.71. The van der Waals surface area contributed by atoms with Crippen LogP contribution in [0.2, 0.25) is 0 Å². The Morgan fingerprint density at radius 1 is 1.07 bits per heavy atom. The van der Waals surface area contributed by atoms with Crippen molar-refractivity contribution < 1.29 is 13.2 Å². The minimum Gasteiger partial charge on any atom is -0.322 e. The number of hydrogen-bond acceptors (Lipinski definition) is 3. The number of para-hydroxylation sites is 1. The molecule has 148 valence electrons. The van der Waals surface area contributed by atoms with Crippen molar-refractivity contribution in [2.75, 3.05) is 11.1 Å². The molecular formula is C23H27NO3S. The van der Waals surface area contributed by atoms with Crippen LogP contribution < -0.4 is 5.32 Å². The van der Waals surface area contributed by atoms with Crippen molar-refractivity contribution in [1.29, 1.82) is 0 Å². The van der Waals surface area contributed by atoms with Crippen LogP contribution in [0, 0.1) is 18.3 Å². The van der Waals surface area contributed by atoms with Crippen LogP contribution in [0.4, 0.5) is 5.69 Å². The number of allylic oxidation sites excluding steroid dienone is 1. The minimum atomic E-state index is -3.36. The molecule has 4 nitrogen and oxygen atoms in total. The van der Waals surface area contributed by atoms with E-state index in [0.29, 0.717) is 17.7 Å². The molecule has 2 aromatic carbocycles. The molecule has 0 heterocycles. The quantitative estimate of drug-likeness (QED) is 0.790. The Morgan fingerprint density at radius 2 is 1.71 bits per heavy atom. The molecule has 2 aromatic rings. The van der Waals surface area contributed by atoms with E-state index in [1.54, 1.807) is 12.1 Å². The number of carbonyl (C=O) groups is 1. The third-order valence-electron chi connectivity index (χ3n) is 5.52. The molecule has 1 aliphatic carbocycles. The Bertz CT molecular complexity index is 974. The van der Waals surface area contributed by atoms with Gasteiger partial charge in [0.15, 0.2) is 9.84 Å². The van der Waals surface area contributed by atoms with Crippen molar-refractivity contribution in [2.24, 2.45) is 11.3 Å². The largest absolute Gasteiger partial charge is 0.322 e. The standard InChI is InChI=1S/C23H27NO3S/c1-17-9-13-21(14-10-17)28(26,27)16-19-12-11-18(15-23(19,2)3)22(25)24-20-7-5-4-6-8-20/h4-11,13-14,19H,12,15-16H2,1-3H3,(H,24,25). The molecule has 0 fully saturated rings. The lowest BCUT2D eigenvalue weighted by atomic mass is 9.70. The first-order valence-electron chi connectivity index (χ1n) is 9.52. The number of amides is 1. The summed E-state index contributed by atoms with van der Waals surface area (Å²) in [5.41, 5.74) is 2.23. The van der Waals surface area contributed by atoms with Gasteiger partial charge in [-0.25, -0.2) is 8.42 Å². The molecule has 1 unspecified atom stereocenters. The topological polar surface area (TPSA) is 63.2 Å². The third-order valence-corrected chi connectivity index (χ3v) is 7.36. The lowest BCUT2D eigenvalue weighted by Gasteiger charge is -2.37. The fraction of sp³-hybridized carbons (Fsp3) is 0.348.